The molecule has 13 heavy (non-hydrogen) atoms. The van der Waals surface area contributed by atoms with Crippen molar-refractivity contribution in [3.8, 4) is 0 Å². The Morgan fingerprint density at radius 3 is 3.00 bits per heavy atom. The molecule has 2 rings (SSSR count). The maximum Gasteiger partial charge on any atom is 0.352 e. The van der Waals surface area contributed by atoms with Crippen LogP contribution in [0.5, 0.6) is 0 Å². The zero-order valence-electron chi connectivity index (χ0n) is 6.99. The van der Waals surface area contributed by atoms with Crippen molar-refractivity contribution >= 4 is 29.3 Å². The number of rotatable bonds is 2. The number of fused-ring (bicyclic) bond motifs is 1. The first-order valence-corrected chi connectivity index (χ1v) is 5.72. The topological polar surface area (TPSA) is 40.5 Å². The van der Waals surface area contributed by atoms with E-state index in [1.54, 1.807) is 11.8 Å². The van der Waals surface area contributed by atoms with Crippen LogP contribution in [0.4, 0.5) is 0 Å². The molecule has 1 fully saturated rings. The van der Waals surface area contributed by atoms with Crippen molar-refractivity contribution in [2.24, 2.45) is 0 Å². The predicted molar refractivity (Wildman–Crippen MR) is 53.0 cm³/mol. The zero-order chi connectivity index (χ0) is 9.42. The van der Waals surface area contributed by atoms with E-state index in [-0.39, 0.29) is 0 Å². The lowest BCUT2D eigenvalue weighted by Crippen LogP contribution is -2.49. The summed E-state index contributed by atoms with van der Waals surface area (Å²) in [6.07, 6.45) is 1.09. The van der Waals surface area contributed by atoms with Gasteiger partial charge in [0.1, 0.15) is 5.70 Å². The molecule has 0 aliphatic carbocycles. The summed E-state index contributed by atoms with van der Waals surface area (Å²) in [5.74, 6) is 0.269. The summed E-state index contributed by atoms with van der Waals surface area (Å²) >= 11 is 7.48. The van der Waals surface area contributed by atoms with Crippen LogP contribution in [0.25, 0.3) is 0 Å². The van der Waals surface area contributed by atoms with Crippen molar-refractivity contribution in [1.82, 2.24) is 4.90 Å². The minimum absolute atomic E-state index is 0.331. The highest BCUT2D eigenvalue weighted by atomic mass is 35.5. The van der Waals surface area contributed by atoms with Gasteiger partial charge in [-0.25, -0.2) is 4.79 Å². The Hall–Kier alpha value is -0.350. The van der Waals surface area contributed by atoms with Gasteiger partial charge in [-0.1, -0.05) is 0 Å². The molecule has 1 N–H and O–H groups in total. The normalized spacial score (nSPS) is 26.8. The van der Waals surface area contributed by atoms with Crippen LogP contribution in [0.3, 0.4) is 0 Å². The number of carbonyl (C=O) groups is 1. The molecule has 1 saturated heterocycles. The number of alkyl halides is 1. The first kappa shape index (κ1) is 9.21. The minimum Gasteiger partial charge on any atom is -0.477 e. The molecule has 0 aromatic heterocycles. The molecule has 0 bridgehead atoms. The van der Waals surface area contributed by atoms with Crippen LogP contribution in [0, 0.1) is 0 Å². The van der Waals surface area contributed by atoms with Crippen molar-refractivity contribution in [1.29, 1.82) is 0 Å². The van der Waals surface area contributed by atoms with E-state index in [1.165, 1.54) is 0 Å². The van der Waals surface area contributed by atoms with Gasteiger partial charge in [0.25, 0.3) is 0 Å². The van der Waals surface area contributed by atoms with E-state index in [0.717, 1.165) is 24.3 Å². The smallest absolute Gasteiger partial charge is 0.352 e. The average molecular weight is 220 g/mol. The average Bonchev–Trinajstić information content (AvgIpc) is 2.05. The van der Waals surface area contributed by atoms with Crippen LogP contribution in [-0.4, -0.2) is 39.5 Å². The van der Waals surface area contributed by atoms with E-state index in [2.05, 4.69) is 0 Å². The molecular formula is C8H10ClNO2S. The Balaban J connectivity index is 2.30. The first-order chi connectivity index (χ1) is 6.24. The summed E-state index contributed by atoms with van der Waals surface area (Å²) < 4.78 is 0. The molecule has 2 aliphatic rings. The second-order valence-corrected chi connectivity index (χ2v) is 4.57. The SMILES string of the molecule is O=C(O)C1=C(CCl)CSC2CCN12. The molecule has 3 nitrogen and oxygen atoms in total. The summed E-state index contributed by atoms with van der Waals surface area (Å²) in [5.41, 5.74) is 1.31. The Kier molecular flexibility index (Phi) is 2.43. The molecule has 0 saturated carbocycles. The van der Waals surface area contributed by atoms with Crippen molar-refractivity contribution < 1.29 is 9.90 Å². The quantitative estimate of drug-likeness (QED) is 0.712. The fraction of sp³-hybridized carbons (Fsp3) is 0.625. The Bertz CT molecular complexity index is 279. The fourth-order valence-corrected chi connectivity index (χ4v) is 3.27. The molecule has 1 atom stereocenters. The van der Waals surface area contributed by atoms with Crippen molar-refractivity contribution in [2.75, 3.05) is 18.2 Å². The van der Waals surface area contributed by atoms with Crippen LogP contribution in [-0.2, 0) is 4.79 Å². The molecule has 2 aliphatic heterocycles. The predicted octanol–water partition coefficient (Wildman–Crippen LogP) is 1.34. The van der Waals surface area contributed by atoms with E-state index in [4.69, 9.17) is 16.7 Å². The maximum atomic E-state index is 10.9. The summed E-state index contributed by atoms with van der Waals surface area (Å²) in [7, 11) is 0. The van der Waals surface area contributed by atoms with Crippen LogP contribution < -0.4 is 0 Å². The highest BCUT2D eigenvalue weighted by Crippen LogP contribution is 2.38. The number of hydrogen-bond donors (Lipinski definition) is 1. The zero-order valence-corrected chi connectivity index (χ0v) is 8.57. The van der Waals surface area contributed by atoms with Gasteiger partial charge < -0.3 is 10.0 Å². The number of hydrogen-bond acceptors (Lipinski definition) is 3. The van der Waals surface area contributed by atoms with Gasteiger partial charge >= 0.3 is 5.97 Å². The van der Waals surface area contributed by atoms with Gasteiger partial charge in [0.15, 0.2) is 0 Å². The molecule has 1 unspecified atom stereocenters. The van der Waals surface area contributed by atoms with E-state index >= 15 is 0 Å². The van der Waals surface area contributed by atoms with Gasteiger partial charge in [-0.05, 0) is 12.0 Å². The van der Waals surface area contributed by atoms with Crippen LogP contribution >= 0.6 is 23.4 Å². The highest BCUT2D eigenvalue weighted by molar-refractivity contribution is 8.00. The first-order valence-electron chi connectivity index (χ1n) is 4.13. The second-order valence-electron chi connectivity index (χ2n) is 3.14. The van der Waals surface area contributed by atoms with Gasteiger partial charge in [0, 0.05) is 18.2 Å². The molecule has 0 aromatic rings. The van der Waals surface area contributed by atoms with Gasteiger partial charge in [-0.2, -0.15) is 0 Å². The van der Waals surface area contributed by atoms with E-state index in [1.807, 2.05) is 4.90 Å². The monoisotopic (exact) mass is 219 g/mol. The minimum atomic E-state index is -0.833. The lowest BCUT2D eigenvalue weighted by molar-refractivity contribution is -0.135. The maximum absolute atomic E-state index is 10.9. The summed E-state index contributed by atoms with van der Waals surface area (Å²) in [4.78, 5) is 12.9. The van der Waals surface area contributed by atoms with Gasteiger partial charge in [-0.15, -0.1) is 23.4 Å². The number of carboxylic acid groups (broad SMARTS) is 1. The number of aliphatic carboxylic acids is 1. The van der Waals surface area contributed by atoms with Gasteiger partial charge in [0.2, 0.25) is 0 Å². The molecule has 0 spiro atoms. The second kappa shape index (κ2) is 3.42. The molecule has 0 radical (unpaired) electrons. The van der Waals surface area contributed by atoms with Crippen molar-refractivity contribution in [2.45, 2.75) is 11.8 Å². The third-order valence-electron chi connectivity index (χ3n) is 2.40. The molecular weight excluding hydrogens is 210 g/mol. The van der Waals surface area contributed by atoms with Gasteiger partial charge in [-0.3, -0.25) is 0 Å². The largest absolute Gasteiger partial charge is 0.477 e. The lowest BCUT2D eigenvalue weighted by Gasteiger charge is -2.46. The van der Waals surface area contributed by atoms with Crippen LogP contribution in [0.15, 0.2) is 11.3 Å². The van der Waals surface area contributed by atoms with Crippen molar-refractivity contribution in [3.05, 3.63) is 11.3 Å². The standard InChI is InChI=1S/C8H10ClNO2S/c9-3-5-4-13-6-1-2-10(6)7(5)8(11)12/h6H,1-4H2,(H,11,12). The summed E-state index contributed by atoms with van der Waals surface area (Å²) in [6.45, 7) is 0.861. The Morgan fingerprint density at radius 2 is 2.54 bits per heavy atom. The lowest BCUT2D eigenvalue weighted by atomic mass is 10.1. The fourth-order valence-electron chi connectivity index (χ4n) is 1.64. The molecule has 0 amide bonds. The molecule has 0 aromatic carbocycles. The summed E-state index contributed by atoms with van der Waals surface area (Å²) in [5, 5.41) is 9.38. The van der Waals surface area contributed by atoms with Crippen LogP contribution in [0.2, 0.25) is 0 Å². The summed E-state index contributed by atoms with van der Waals surface area (Å²) in [6, 6.07) is 0. The van der Waals surface area contributed by atoms with E-state index < -0.39 is 5.97 Å². The van der Waals surface area contributed by atoms with Crippen LogP contribution in [0.1, 0.15) is 6.42 Å². The number of halogens is 1. The molecule has 2 heterocycles. The molecule has 5 heteroatoms. The van der Waals surface area contributed by atoms with E-state index in [0.29, 0.717) is 17.0 Å². The van der Waals surface area contributed by atoms with Crippen molar-refractivity contribution in [3.63, 3.8) is 0 Å². The third kappa shape index (κ3) is 1.42. The number of carboxylic acids is 1. The van der Waals surface area contributed by atoms with Gasteiger partial charge in [0.05, 0.1) is 5.37 Å². The Morgan fingerprint density at radius 1 is 1.77 bits per heavy atom. The third-order valence-corrected chi connectivity index (χ3v) is 4.11. The molecule has 72 valence electrons. The Labute approximate surface area is 85.7 Å². The van der Waals surface area contributed by atoms with E-state index in [9.17, 15) is 4.79 Å². The number of thioether (sulfide) groups is 1. The number of nitrogens with zero attached hydrogens (tertiary/aromatic N) is 1. The highest BCUT2D eigenvalue weighted by Gasteiger charge is 2.38.